The number of rotatable bonds is 7. The molecule has 1 aliphatic rings. The number of hydrogen-bond donors (Lipinski definition) is 1. The molecule has 0 aliphatic heterocycles. The highest BCUT2D eigenvalue weighted by Gasteiger charge is 2.19. The molecule has 110 valence electrons. The van der Waals surface area contributed by atoms with Crippen molar-refractivity contribution in [3.63, 3.8) is 0 Å². The molecule has 1 amide bonds. The lowest BCUT2D eigenvalue weighted by atomic mass is 9.89. The first-order chi connectivity index (χ1) is 8.99. The summed E-state index contributed by atoms with van der Waals surface area (Å²) in [6.45, 7) is 3.38. The van der Waals surface area contributed by atoms with E-state index in [2.05, 4.69) is 6.92 Å². The summed E-state index contributed by atoms with van der Waals surface area (Å²) in [5.74, 6) is 0.850. The number of hydrogen-bond acceptors (Lipinski definition) is 3. The zero-order valence-corrected chi connectivity index (χ0v) is 12.9. The van der Waals surface area contributed by atoms with Crippen LogP contribution in [0.5, 0.6) is 0 Å². The Balaban J connectivity index is 2.13. The molecule has 0 aromatic carbocycles. The molecule has 2 unspecified atom stereocenters. The lowest BCUT2D eigenvalue weighted by Crippen LogP contribution is -2.31. The smallest absolute Gasteiger partial charge is 0.224 e. The van der Waals surface area contributed by atoms with Gasteiger partial charge in [-0.3, -0.25) is 4.79 Å². The minimum absolute atomic E-state index is 0.0973. The van der Waals surface area contributed by atoms with Crippen molar-refractivity contribution in [2.75, 3.05) is 20.2 Å². The van der Waals surface area contributed by atoms with Crippen LogP contribution in [-0.4, -0.2) is 42.1 Å². The van der Waals surface area contributed by atoms with Crippen LogP contribution in [0, 0.1) is 5.92 Å². The van der Waals surface area contributed by atoms with Crippen LogP contribution in [0.25, 0.3) is 0 Å². The van der Waals surface area contributed by atoms with E-state index in [1.54, 1.807) is 11.9 Å². The number of nitrogens with two attached hydrogens (primary N) is 1. The third-order valence-corrected chi connectivity index (χ3v) is 3.88. The van der Waals surface area contributed by atoms with Crippen LogP contribution in [0.1, 0.15) is 45.4 Å². The van der Waals surface area contributed by atoms with Crippen molar-refractivity contribution in [3.05, 3.63) is 0 Å². The summed E-state index contributed by atoms with van der Waals surface area (Å²) in [5, 5.41) is 0. The van der Waals surface area contributed by atoms with Gasteiger partial charge in [0.15, 0.2) is 0 Å². The van der Waals surface area contributed by atoms with Crippen molar-refractivity contribution in [2.45, 2.75) is 51.6 Å². The van der Waals surface area contributed by atoms with Crippen molar-refractivity contribution in [1.29, 1.82) is 0 Å². The van der Waals surface area contributed by atoms with E-state index in [4.69, 9.17) is 22.7 Å². The third-order valence-electron chi connectivity index (χ3n) is 3.68. The SMILES string of the molecule is CC1CCCC(OCCC(=O)N(C)CCC(N)=S)C1. The summed E-state index contributed by atoms with van der Waals surface area (Å²) >= 11 is 4.80. The number of thiocarbonyl (C=S) groups is 1. The van der Waals surface area contributed by atoms with Crippen molar-refractivity contribution in [2.24, 2.45) is 11.7 Å². The van der Waals surface area contributed by atoms with Crippen LogP contribution in [0.3, 0.4) is 0 Å². The zero-order chi connectivity index (χ0) is 14.3. The van der Waals surface area contributed by atoms with E-state index in [0.29, 0.717) is 37.1 Å². The van der Waals surface area contributed by atoms with Gasteiger partial charge in [-0.1, -0.05) is 32.0 Å². The van der Waals surface area contributed by atoms with Gasteiger partial charge in [-0.25, -0.2) is 0 Å². The minimum atomic E-state index is 0.0973. The number of nitrogens with zero attached hydrogens (tertiary/aromatic N) is 1. The normalized spacial score (nSPS) is 23.1. The van der Waals surface area contributed by atoms with Crippen LogP contribution < -0.4 is 5.73 Å². The van der Waals surface area contributed by atoms with Crippen LogP contribution in [0.4, 0.5) is 0 Å². The first kappa shape index (κ1) is 16.4. The maximum Gasteiger partial charge on any atom is 0.224 e. The fourth-order valence-corrected chi connectivity index (χ4v) is 2.53. The van der Waals surface area contributed by atoms with Gasteiger partial charge >= 0.3 is 0 Å². The second-order valence-corrected chi connectivity index (χ2v) is 6.07. The number of ether oxygens (including phenoxy) is 1. The fourth-order valence-electron chi connectivity index (χ4n) is 2.44. The Kier molecular flexibility index (Phi) is 7.31. The second-order valence-electron chi connectivity index (χ2n) is 5.55. The summed E-state index contributed by atoms with van der Waals surface area (Å²) in [6, 6.07) is 0. The molecule has 1 rings (SSSR count). The molecule has 0 aromatic rings. The van der Waals surface area contributed by atoms with Gasteiger partial charge in [0.05, 0.1) is 24.1 Å². The van der Waals surface area contributed by atoms with E-state index in [0.717, 1.165) is 18.8 Å². The van der Waals surface area contributed by atoms with Crippen LogP contribution in [0.15, 0.2) is 0 Å². The molecular formula is C14H26N2O2S. The summed E-state index contributed by atoms with van der Waals surface area (Å²) in [7, 11) is 1.78. The van der Waals surface area contributed by atoms with E-state index >= 15 is 0 Å². The monoisotopic (exact) mass is 286 g/mol. The van der Waals surface area contributed by atoms with Gasteiger partial charge in [0.1, 0.15) is 0 Å². The standard InChI is InChI=1S/C14H26N2O2S/c1-11-4-3-5-12(10-11)18-9-7-14(17)16(2)8-6-13(15)19/h11-12H,3-10H2,1-2H3,(H2,15,19). The van der Waals surface area contributed by atoms with Crippen molar-refractivity contribution < 1.29 is 9.53 Å². The molecule has 0 spiro atoms. The van der Waals surface area contributed by atoms with Gasteiger partial charge in [0.25, 0.3) is 0 Å². The van der Waals surface area contributed by atoms with Crippen molar-refractivity contribution in [3.8, 4) is 0 Å². The first-order valence-corrected chi connectivity index (χ1v) is 7.53. The average Bonchev–Trinajstić information content (AvgIpc) is 2.35. The van der Waals surface area contributed by atoms with Crippen molar-refractivity contribution in [1.82, 2.24) is 4.90 Å². The van der Waals surface area contributed by atoms with Gasteiger partial charge in [-0.05, 0) is 18.8 Å². The highest BCUT2D eigenvalue weighted by Crippen LogP contribution is 2.25. The predicted molar refractivity (Wildman–Crippen MR) is 81.0 cm³/mol. The molecule has 19 heavy (non-hydrogen) atoms. The molecule has 0 bridgehead atoms. The zero-order valence-electron chi connectivity index (χ0n) is 12.1. The van der Waals surface area contributed by atoms with E-state index in [-0.39, 0.29) is 5.91 Å². The Labute approximate surface area is 121 Å². The Hall–Kier alpha value is -0.680. The molecule has 0 aromatic heterocycles. The van der Waals surface area contributed by atoms with Crippen LogP contribution in [0.2, 0.25) is 0 Å². The fraction of sp³-hybridized carbons (Fsp3) is 0.857. The van der Waals surface area contributed by atoms with Gasteiger partial charge < -0.3 is 15.4 Å². The summed E-state index contributed by atoms with van der Waals surface area (Å²) in [5.41, 5.74) is 5.42. The Bertz CT molecular complexity index is 310. The summed E-state index contributed by atoms with van der Waals surface area (Å²) in [4.78, 5) is 13.9. The molecule has 2 N–H and O–H groups in total. The van der Waals surface area contributed by atoms with Gasteiger partial charge in [-0.2, -0.15) is 0 Å². The lowest BCUT2D eigenvalue weighted by Gasteiger charge is -2.27. The second kappa shape index (κ2) is 8.48. The van der Waals surface area contributed by atoms with E-state index in [9.17, 15) is 4.79 Å². The van der Waals surface area contributed by atoms with Gasteiger partial charge in [0, 0.05) is 20.0 Å². The summed E-state index contributed by atoms with van der Waals surface area (Å²) < 4.78 is 5.80. The molecule has 5 heteroatoms. The highest BCUT2D eigenvalue weighted by atomic mass is 32.1. The van der Waals surface area contributed by atoms with E-state index in [1.165, 1.54) is 12.8 Å². The molecular weight excluding hydrogens is 260 g/mol. The predicted octanol–water partition coefficient (Wildman–Crippen LogP) is 2.11. The average molecular weight is 286 g/mol. The Morgan fingerprint density at radius 3 is 2.79 bits per heavy atom. The van der Waals surface area contributed by atoms with E-state index in [1.807, 2.05) is 0 Å². The molecule has 1 fully saturated rings. The van der Waals surface area contributed by atoms with E-state index < -0.39 is 0 Å². The summed E-state index contributed by atoms with van der Waals surface area (Å²) in [6.07, 6.45) is 6.19. The Morgan fingerprint density at radius 2 is 2.16 bits per heavy atom. The third kappa shape index (κ3) is 6.87. The van der Waals surface area contributed by atoms with Crippen LogP contribution >= 0.6 is 12.2 Å². The highest BCUT2D eigenvalue weighted by molar-refractivity contribution is 7.80. The maximum absolute atomic E-state index is 11.8. The largest absolute Gasteiger partial charge is 0.393 e. The number of amides is 1. The lowest BCUT2D eigenvalue weighted by molar-refractivity contribution is -0.131. The van der Waals surface area contributed by atoms with Gasteiger partial charge in [0.2, 0.25) is 5.91 Å². The molecule has 1 saturated carbocycles. The molecule has 0 heterocycles. The first-order valence-electron chi connectivity index (χ1n) is 7.13. The number of carbonyl (C=O) groups is 1. The van der Waals surface area contributed by atoms with Crippen LogP contribution in [-0.2, 0) is 9.53 Å². The number of carbonyl (C=O) groups excluding carboxylic acids is 1. The van der Waals surface area contributed by atoms with Crippen molar-refractivity contribution >= 4 is 23.1 Å². The molecule has 0 radical (unpaired) electrons. The Morgan fingerprint density at radius 1 is 1.42 bits per heavy atom. The van der Waals surface area contributed by atoms with Gasteiger partial charge in [-0.15, -0.1) is 0 Å². The maximum atomic E-state index is 11.8. The topological polar surface area (TPSA) is 55.6 Å². The minimum Gasteiger partial charge on any atom is -0.393 e. The molecule has 4 nitrogen and oxygen atoms in total. The quantitative estimate of drug-likeness (QED) is 0.728. The molecule has 0 saturated heterocycles. The molecule has 2 atom stereocenters. The molecule has 1 aliphatic carbocycles.